The van der Waals surface area contributed by atoms with E-state index in [2.05, 4.69) is 41.4 Å². The van der Waals surface area contributed by atoms with E-state index >= 15 is 0 Å². The maximum absolute atomic E-state index is 12.7. The molecule has 1 atom stereocenters. The molecule has 1 N–H and O–H groups in total. The summed E-state index contributed by atoms with van der Waals surface area (Å²) in [7, 11) is 3.16. The SMILES string of the molecule is CC[C@H](CNC(=O)c1ccc(OC)cc1OC)N1CCc2ccccc2C1. The summed E-state index contributed by atoms with van der Waals surface area (Å²) in [6.45, 7) is 4.76. The second-order valence-corrected chi connectivity index (χ2v) is 6.83. The zero-order valence-electron chi connectivity index (χ0n) is 16.3. The van der Waals surface area contributed by atoms with E-state index in [4.69, 9.17) is 9.47 Å². The van der Waals surface area contributed by atoms with Crippen molar-refractivity contribution < 1.29 is 14.3 Å². The molecule has 0 saturated carbocycles. The quantitative estimate of drug-likeness (QED) is 0.815. The van der Waals surface area contributed by atoms with E-state index in [0.717, 1.165) is 25.9 Å². The van der Waals surface area contributed by atoms with Gasteiger partial charge in [0.1, 0.15) is 11.5 Å². The van der Waals surface area contributed by atoms with Gasteiger partial charge in [-0.25, -0.2) is 0 Å². The van der Waals surface area contributed by atoms with Crippen LogP contribution in [0.5, 0.6) is 11.5 Å². The molecule has 0 unspecified atom stereocenters. The summed E-state index contributed by atoms with van der Waals surface area (Å²) < 4.78 is 10.5. The van der Waals surface area contributed by atoms with Gasteiger partial charge >= 0.3 is 0 Å². The molecule has 5 nitrogen and oxygen atoms in total. The molecule has 1 aliphatic rings. The third-order valence-electron chi connectivity index (χ3n) is 5.30. The molecule has 0 fully saturated rings. The van der Waals surface area contributed by atoms with Crippen LogP contribution < -0.4 is 14.8 Å². The van der Waals surface area contributed by atoms with Crippen LogP contribution in [0.2, 0.25) is 0 Å². The summed E-state index contributed by atoms with van der Waals surface area (Å²) >= 11 is 0. The lowest BCUT2D eigenvalue weighted by Gasteiger charge is -2.35. The number of hydrogen-bond donors (Lipinski definition) is 1. The molecule has 0 spiro atoms. The van der Waals surface area contributed by atoms with Crippen LogP contribution >= 0.6 is 0 Å². The Morgan fingerprint density at radius 1 is 1.15 bits per heavy atom. The fourth-order valence-electron chi connectivity index (χ4n) is 3.65. The van der Waals surface area contributed by atoms with Crippen molar-refractivity contribution in [2.45, 2.75) is 32.4 Å². The number of carbonyl (C=O) groups excluding carboxylic acids is 1. The topological polar surface area (TPSA) is 50.8 Å². The first kappa shape index (κ1) is 19.2. The normalized spacial score (nSPS) is 14.9. The summed E-state index contributed by atoms with van der Waals surface area (Å²) in [5, 5.41) is 3.08. The number of rotatable bonds is 7. The smallest absolute Gasteiger partial charge is 0.255 e. The minimum Gasteiger partial charge on any atom is -0.497 e. The average molecular weight is 368 g/mol. The zero-order valence-corrected chi connectivity index (χ0v) is 16.3. The lowest BCUT2D eigenvalue weighted by molar-refractivity contribution is 0.0923. The molecule has 5 heteroatoms. The van der Waals surface area contributed by atoms with Gasteiger partial charge in [-0.2, -0.15) is 0 Å². The summed E-state index contributed by atoms with van der Waals surface area (Å²) in [6.07, 6.45) is 2.05. The van der Waals surface area contributed by atoms with Gasteiger partial charge in [0.05, 0.1) is 19.8 Å². The van der Waals surface area contributed by atoms with Crippen molar-refractivity contribution >= 4 is 5.91 Å². The van der Waals surface area contributed by atoms with Gasteiger partial charge < -0.3 is 14.8 Å². The Hall–Kier alpha value is -2.53. The number of benzene rings is 2. The van der Waals surface area contributed by atoms with E-state index in [1.807, 2.05) is 0 Å². The zero-order chi connectivity index (χ0) is 19.2. The van der Waals surface area contributed by atoms with Crippen molar-refractivity contribution in [3.05, 3.63) is 59.2 Å². The van der Waals surface area contributed by atoms with Gasteiger partial charge in [0, 0.05) is 31.7 Å². The molecule has 0 saturated heterocycles. The van der Waals surface area contributed by atoms with E-state index in [-0.39, 0.29) is 5.91 Å². The Balaban J connectivity index is 1.64. The number of nitrogens with zero attached hydrogens (tertiary/aromatic N) is 1. The van der Waals surface area contributed by atoms with E-state index in [9.17, 15) is 4.79 Å². The van der Waals surface area contributed by atoms with Gasteiger partial charge in [0.25, 0.3) is 5.91 Å². The van der Waals surface area contributed by atoms with E-state index < -0.39 is 0 Å². The minimum absolute atomic E-state index is 0.120. The lowest BCUT2D eigenvalue weighted by Crippen LogP contribution is -2.45. The average Bonchev–Trinajstić information content (AvgIpc) is 2.73. The molecule has 2 aromatic carbocycles. The van der Waals surface area contributed by atoms with Crippen LogP contribution in [0.1, 0.15) is 34.8 Å². The first-order chi connectivity index (χ1) is 13.2. The van der Waals surface area contributed by atoms with Crippen LogP contribution in [0.3, 0.4) is 0 Å². The molecule has 1 heterocycles. The standard InChI is InChI=1S/C22H28N2O3/c1-4-18(24-12-11-16-7-5-6-8-17(16)15-24)14-23-22(25)20-10-9-19(26-2)13-21(20)27-3/h5-10,13,18H,4,11-12,14-15H2,1-3H3,(H,23,25)/t18-/m1/s1. The molecule has 0 aliphatic carbocycles. The summed E-state index contributed by atoms with van der Waals surface area (Å²) in [6, 6.07) is 14.2. The first-order valence-electron chi connectivity index (χ1n) is 9.47. The molecule has 0 aromatic heterocycles. The third kappa shape index (κ3) is 4.42. The van der Waals surface area contributed by atoms with Crippen molar-refractivity contribution in [1.29, 1.82) is 0 Å². The first-order valence-corrected chi connectivity index (χ1v) is 9.47. The van der Waals surface area contributed by atoms with Crippen molar-refractivity contribution in [1.82, 2.24) is 10.2 Å². The third-order valence-corrected chi connectivity index (χ3v) is 5.30. The summed E-state index contributed by atoms with van der Waals surface area (Å²) in [5.41, 5.74) is 3.36. The fraction of sp³-hybridized carbons (Fsp3) is 0.409. The van der Waals surface area contributed by atoms with E-state index in [1.165, 1.54) is 11.1 Å². The Morgan fingerprint density at radius 3 is 2.63 bits per heavy atom. The number of carbonyl (C=O) groups is 1. The monoisotopic (exact) mass is 368 g/mol. The lowest BCUT2D eigenvalue weighted by atomic mass is 9.98. The van der Waals surface area contributed by atoms with Crippen LogP contribution in [0, 0.1) is 0 Å². The highest BCUT2D eigenvalue weighted by molar-refractivity contribution is 5.97. The maximum atomic E-state index is 12.7. The Bertz CT molecular complexity index is 791. The van der Waals surface area contributed by atoms with Crippen LogP contribution in [-0.4, -0.2) is 44.2 Å². The molecule has 3 rings (SSSR count). The maximum Gasteiger partial charge on any atom is 0.255 e. The summed E-state index contributed by atoms with van der Waals surface area (Å²) in [5.74, 6) is 1.07. The van der Waals surface area contributed by atoms with Crippen molar-refractivity contribution in [3.8, 4) is 11.5 Å². The van der Waals surface area contributed by atoms with Crippen LogP contribution in [0.15, 0.2) is 42.5 Å². The van der Waals surface area contributed by atoms with Gasteiger partial charge in [-0.3, -0.25) is 9.69 Å². The Morgan fingerprint density at radius 2 is 1.93 bits per heavy atom. The molecule has 144 valence electrons. The van der Waals surface area contributed by atoms with Gasteiger partial charge in [0.15, 0.2) is 0 Å². The van der Waals surface area contributed by atoms with Crippen molar-refractivity contribution in [3.63, 3.8) is 0 Å². The predicted molar refractivity (Wildman–Crippen MR) is 107 cm³/mol. The van der Waals surface area contributed by atoms with Gasteiger partial charge in [-0.15, -0.1) is 0 Å². The highest BCUT2D eigenvalue weighted by Crippen LogP contribution is 2.25. The minimum atomic E-state index is -0.120. The molecule has 0 radical (unpaired) electrons. The highest BCUT2D eigenvalue weighted by atomic mass is 16.5. The van der Waals surface area contributed by atoms with E-state index in [0.29, 0.717) is 29.6 Å². The number of hydrogen-bond acceptors (Lipinski definition) is 4. The van der Waals surface area contributed by atoms with Crippen molar-refractivity contribution in [2.75, 3.05) is 27.3 Å². The largest absolute Gasteiger partial charge is 0.497 e. The summed E-state index contributed by atoms with van der Waals surface area (Å²) in [4.78, 5) is 15.1. The van der Waals surface area contributed by atoms with Crippen LogP contribution in [-0.2, 0) is 13.0 Å². The molecule has 1 aliphatic heterocycles. The predicted octanol–water partition coefficient (Wildman–Crippen LogP) is 3.27. The number of methoxy groups -OCH3 is 2. The van der Waals surface area contributed by atoms with E-state index in [1.54, 1.807) is 32.4 Å². The highest BCUT2D eigenvalue weighted by Gasteiger charge is 2.23. The number of fused-ring (bicyclic) bond motifs is 1. The van der Waals surface area contributed by atoms with Gasteiger partial charge in [-0.05, 0) is 36.1 Å². The molecule has 0 bridgehead atoms. The van der Waals surface area contributed by atoms with Gasteiger partial charge in [-0.1, -0.05) is 31.2 Å². The molecule has 1 amide bonds. The van der Waals surface area contributed by atoms with Gasteiger partial charge in [0.2, 0.25) is 0 Å². The van der Waals surface area contributed by atoms with Crippen molar-refractivity contribution in [2.24, 2.45) is 0 Å². The Labute approximate surface area is 161 Å². The fourth-order valence-corrected chi connectivity index (χ4v) is 3.65. The molecule has 27 heavy (non-hydrogen) atoms. The Kier molecular flexibility index (Phi) is 6.35. The molecular weight excluding hydrogens is 340 g/mol. The molecule has 2 aromatic rings. The van der Waals surface area contributed by atoms with Crippen LogP contribution in [0.4, 0.5) is 0 Å². The second kappa shape index (κ2) is 8.91. The molecular formula is C22H28N2O3. The number of amides is 1. The number of ether oxygens (including phenoxy) is 2. The van der Waals surface area contributed by atoms with Crippen LogP contribution in [0.25, 0.3) is 0 Å². The number of nitrogens with one attached hydrogen (secondary N) is 1. The second-order valence-electron chi connectivity index (χ2n) is 6.83.